The minimum absolute atomic E-state index is 0.168. The molecular formula is C16H15BrN2O2. The topological polar surface area (TPSA) is 72.2 Å². The van der Waals surface area contributed by atoms with E-state index in [1.54, 1.807) is 36.4 Å². The van der Waals surface area contributed by atoms with Gasteiger partial charge in [0.05, 0.1) is 6.42 Å². The molecule has 0 aliphatic carbocycles. The maximum Gasteiger partial charge on any atom is 0.255 e. The van der Waals surface area contributed by atoms with Crippen LogP contribution in [0.25, 0.3) is 0 Å². The first-order valence-corrected chi connectivity index (χ1v) is 7.54. The third kappa shape index (κ3) is 4.43. The first-order chi connectivity index (χ1) is 10.1. The zero-order valence-electron chi connectivity index (χ0n) is 11.3. The number of rotatable bonds is 5. The number of anilines is 1. The molecule has 0 unspecified atom stereocenters. The highest BCUT2D eigenvalue weighted by atomic mass is 79.9. The Morgan fingerprint density at radius 3 is 2.05 bits per heavy atom. The summed E-state index contributed by atoms with van der Waals surface area (Å²) < 4.78 is 0. The first-order valence-electron chi connectivity index (χ1n) is 6.42. The van der Waals surface area contributed by atoms with Gasteiger partial charge in [0.2, 0.25) is 5.91 Å². The molecule has 4 nitrogen and oxygen atoms in total. The molecule has 2 amide bonds. The molecule has 3 N–H and O–H groups in total. The molecule has 0 aliphatic rings. The quantitative estimate of drug-likeness (QED) is 0.817. The van der Waals surface area contributed by atoms with Crippen LogP contribution in [0.2, 0.25) is 0 Å². The van der Waals surface area contributed by atoms with Gasteiger partial charge in [-0.3, -0.25) is 9.59 Å². The van der Waals surface area contributed by atoms with Crippen LogP contribution in [-0.4, -0.2) is 11.8 Å². The average Bonchev–Trinajstić information content (AvgIpc) is 2.49. The molecule has 0 atom stereocenters. The lowest BCUT2D eigenvalue weighted by Crippen LogP contribution is -2.14. The van der Waals surface area contributed by atoms with Crippen molar-refractivity contribution in [2.45, 2.75) is 11.8 Å². The molecule has 0 aromatic heterocycles. The highest BCUT2D eigenvalue weighted by Crippen LogP contribution is 2.13. The van der Waals surface area contributed by atoms with Crippen molar-refractivity contribution >= 4 is 33.4 Å². The molecule has 2 aromatic carbocycles. The molecule has 5 heteroatoms. The summed E-state index contributed by atoms with van der Waals surface area (Å²) in [4.78, 5) is 22.9. The van der Waals surface area contributed by atoms with Crippen molar-refractivity contribution in [3.05, 3.63) is 65.2 Å². The van der Waals surface area contributed by atoms with Crippen LogP contribution in [0.15, 0.2) is 48.5 Å². The Morgan fingerprint density at radius 1 is 0.952 bits per heavy atom. The summed E-state index contributed by atoms with van der Waals surface area (Å²) in [5, 5.41) is 3.57. The summed E-state index contributed by atoms with van der Waals surface area (Å²) in [6, 6.07) is 14.4. The summed E-state index contributed by atoms with van der Waals surface area (Å²) in [5.74, 6) is -0.544. The fraction of sp³-hybridized carbons (Fsp3) is 0.125. The van der Waals surface area contributed by atoms with Gasteiger partial charge >= 0.3 is 0 Å². The number of halogens is 1. The third-order valence-corrected chi connectivity index (χ3v) is 3.61. The second-order valence-electron chi connectivity index (χ2n) is 4.62. The minimum atomic E-state index is -0.376. The van der Waals surface area contributed by atoms with E-state index in [0.717, 1.165) is 16.5 Å². The minimum Gasteiger partial charge on any atom is -0.369 e. The normalized spacial score (nSPS) is 10.1. The number of carbonyl (C=O) groups excluding carboxylic acids is 2. The third-order valence-electron chi connectivity index (χ3n) is 2.96. The van der Waals surface area contributed by atoms with Crippen molar-refractivity contribution in [2.24, 2.45) is 5.73 Å². The number of amides is 2. The van der Waals surface area contributed by atoms with Gasteiger partial charge < -0.3 is 11.1 Å². The maximum atomic E-state index is 12.1. The van der Waals surface area contributed by atoms with Crippen LogP contribution < -0.4 is 11.1 Å². The van der Waals surface area contributed by atoms with Crippen molar-refractivity contribution in [1.29, 1.82) is 0 Å². The van der Waals surface area contributed by atoms with Crippen LogP contribution in [0.1, 0.15) is 21.5 Å². The van der Waals surface area contributed by atoms with Crippen molar-refractivity contribution < 1.29 is 9.59 Å². The second kappa shape index (κ2) is 7.04. The average molecular weight is 347 g/mol. The molecule has 2 rings (SSSR count). The molecule has 0 aliphatic heterocycles. The number of nitrogens with one attached hydrogen (secondary N) is 1. The van der Waals surface area contributed by atoms with Gasteiger partial charge in [0, 0.05) is 16.6 Å². The number of carbonyl (C=O) groups is 2. The molecule has 108 valence electrons. The van der Waals surface area contributed by atoms with Crippen LogP contribution in [0.4, 0.5) is 5.69 Å². The lowest BCUT2D eigenvalue weighted by Gasteiger charge is -2.06. The van der Waals surface area contributed by atoms with E-state index >= 15 is 0 Å². The number of benzene rings is 2. The SMILES string of the molecule is NC(=O)Cc1ccc(NC(=O)c2ccc(CBr)cc2)cc1. The zero-order chi connectivity index (χ0) is 15.2. The van der Waals surface area contributed by atoms with Gasteiger partial charge in [0.1, 0.15) is 0 Å². The molecule has 0 bridgehead atoms. The number of hydrogen-bond acceptors (Lipinski definition) is 2. The molecule has 21 heavy (non-hydrogen) atoms. The van der Waals surface area contributed by atoms with Gasteiger partial charge in [0.25, 0.3) is 5.91 Å². The van der Waals surface area contributed by atoms with E-state index in [1.807, 2.05) is 12.1 Å². The summed E-state index contributed by atoms with van der Waals surface area (Å²) in [7, 11) is 0. The Bertz CT molecular complexity index is 636. The van der Waals surface area contributed by atoms with Gasteiger partial charge in [0.15, 0.2) is 0 Å². The van der Waals surface area contributed by atoms with Crippen molar-refractivity contribution in [1.82, 2.24) is 0 Å². The highest BCUT2D eigenvalue weighted by Gasteiger charge is 2.06. The van der Waals surface area contributed by atoms with E-state index in [2.05, 4.69) is 21.2 Å². The number of primary amides is 1. The molecule has 0 spiro atoms. The zero-order valence-corrected chi connectivity index (χ0v) is 12.9. The lowest BCUT2D eigenvalue weighted by atomic mass is 10.1. The standard InChI is InChI=1S/C16H15BrN2O2/c17-10-12-1-5-13(6-2-12)16(21)19-14-7-3-11(4-8-14)9-15(18)20/h1-8H,9-10H2,(H2,18,20)(H,19,21). The van der Waals surface area contributed by atoms with E-state index in [0.29, 0.717) is 11.3 Å². The van der Waals surface area contributed by atoms with Crippen LogP contribution in [0.3, 0.4) is 0 Å². The highest BCUT2D eigenvalue weighted by molar-refractivity contribution is 9.08. The Balaban J connectivity index is 2.03. The molecular weight excluding hydrogens is 332 g/mol. The summed E-state index contributed by atoms with van der Waals surface area (Å²) in [6.45, 7) is 0. The summed E-state index contributed by atoms with van der Waals surface area (Å²) in [6.07, 6.45) is 0.197. The van der Waals surface area contributed by atoms with Crippen LogP contribution in [0, 0.1) is 0 Å². The number of alkyl halides is 1. The smallest absolute Gasteiger partial charge is 0.255 e. The predicted octanol–water partition coefficient (Wildman–Crippen LogP) is 2.86. The fourth-order valence-corrected chi connectivity index (χ4v) is 2.23. The molecule has 0 fully saturated rings. The van der Waals surface area contributed by atoms with Gasteiger partial charge in [-0.1, -0.05) is 40.2 Å². The van der Waals surface area contributed by atoms with Crippen molar-refractivity contribution in [3.63, 3.8) is 0 Å². The maximum absolute atomic E-state index is 12.1. The van der Waals surface area contributed by atoms with Crippen molar-refractivity contribution in [2.75, 3.05) is 5.32 Å². The second-order valence-corrected chi connectivity index (χ2v) is 5.19. The van der Waals surface area contributed by atoms with E-state index in [4.69, 9.17) is 5.73 Å². The van der Waals surface area contributed by atoms with Gasteiger partial charge in [-0.05, 0) is 35.4 Å². The monoisotopic (exact) mass is 346 g/mol. The summed E-state index contributed by atoms with van der Waals surface area (Å²) >= 11 is 3.36. The van der Waals surface area contributed by atoms with Crippen LogP contribution in [0.5, 0.6) is 0 Å². The van der Waals surface area contributed by atoms with Gasteiger partial charge in [-0.15, -0.1) is 0 Å². The largest absolute Gasteiger partial charge is 0.369 e. The van der Waals surface area contributed by atoms with E-state index < -0.39 is 0 Å². The van der Waals surface area contributed by atoms with Crippen LogP contribution >= 0.6 is 15.9 Å². The molecule has 0 heterocycles. The van der Waals surface area contributed by atoms with E-state index in [-0.39, 0.29) is 18.2 Å². The predicted molar refractivity (Wildman–Crippen MR) is 86.4 cm³/mol. The molecule has 2 aromatic rings. The Morgan fingerprint density at radius 2 is 1.52 bits per heavy atom. The van der Waals surface area contributed by atoms with Crippen molar-refractivity contribution in [3.8, 4) is 0 Å². The summed E-state index contributed by atoms with van der Waals surface area (Å²) in [5.41, 5.74) is 8.34. The van der Waals surface area contributed by atoms with Gasteiger partial charge in [-0.25, -0.2) is 0 Å². The molecule has 0 saturated carbocycles. The Kier molecular flexibility index (Phi) is 5.11. The van der Waals surface area contributed by atoms with Gasteiger partial charge in [-0.2, -0.15) is 0 Å². The van der Waals surface area contributed by atoms with Crippen LogP contribution in [-0.2, 0) is 16.5 Å². The lowest BCUT2D eigenvalue weighted by molar-refractivity contribution is -0.117. The molecule has 0 saturated heterocycles. The van der Waals surface area contributed by atoms with E-state index in [9.17, 15) is 9.59 Å². The van der Waals surface area contributed by atoms with E-state index in [1.165, 1.54) is 0 Å². The Labute approximate surface area is 131 Å². The number of nitrogens with two attached hydrogens (primary N) is 1. The Hall–Kier alpha value is -2.14. The molecule has 0 radical (unpaired) electrons. The fourth-order valence-electron chi connectivity index (χ4n) is 1.86. The number of hydrogen-bond donors (Lipinski definition) is 2. The first kappa shape index (κ1) is 15.3.